The predicted octanol–water partition coefficient (Wildman–Crippen LogP) is 5.50. The van der Waals surface area contributed by atoms with Gasteiger partial charge in [0.2, 0.25) is 0 Å². The summed E-state index contributed by atoms with van der Waals surface area (Å²) in [6, 6.07) is 15.0. The lowest BCUT2D eigenvalue weighted by molar-refractivity contribution is -0.384. The van der Waals surface area contributed by atoms with Crippen molar-refractivity contribution < 1.29 is 19.6 Å². The van der Waals surface area contributed by atoms with Crippen molar-refractivity contribution in [3.8, 4) is 11.5 Å². The van der Waals surface area contributed by atoms with Crippen LogP contribution in [-0.2, 0) is 4.79 Å². The van der Waals surface area contributed by atoms with Gasteiger partial charge in [-0.25, -0.2) is 5.43 Å². The van der Waals surface area contributed by atoms with Crippen LogP contribution in [0.3, 0.4) is 0 Å². The first-order valence-corrected chi connectivity index (χ1v) is 10.7. The van der Waals surface area contributed by atoms with Crippen LogP contribution in [-0.4, -0.2) is 28.8 Å². The van der Waals surface area contributed by atoms with Gasteiger partial charge in [-0.3, -0.25) is 14.9 Å². The number of ether oxygens (including phenoxy) is 1. The van der Waals surface area contributed by atoms with Crippen molar-refractivity contribution in [3.63, 3.8) is 0 Å². The number of hydrogen-bond acceptors (Lipinski definition) is 8. The lowest BCUT2D eigenvalue weighted by Gasteiger charge is -2.07. The Morgan fingerprint density at radius 2 is 1.82 bits per heavy atom. The van der Waals surface area contributed by atoms with Crippen molar-refractivity contribution in [3.05, 3.63) is 84.9 Å². The van der Waals surface area contributed by atoms with E-state index in [1.54, 1.807) is 18.2 Å². The Labute approximate surface area is 206 Å². The van der Waals surface area contributed by atoms with Crippen LogP contribution in [0.1, 0.15) is 5.56 Å². The summed E-state index contributed by atoms with van der Waals surface area (Å²) in [6.07, 6.45) is 1.25. The van der Waals surface area contributed by atoms with E-state index < -0.39 is 10.8 Å². The van der Waals surface area contributed by atoms with Gasteiger partial charge in [0.15, 0.2) is 6.61 Å². The highest BCUT2D eigenvalue weighted by Crippen LogP contribution is 2.26. The summed E-state index contributed by atoms with van der Waals surface area (Å²) in [5.74, 6) is -0.0531. The molecule has 0 saturated heterocycles. The number of phenols is 1. The summed E-state index contributed by atoms with van der Waals surface area (Å²) < 4.78 is 6.19. The number of nitrogens with one attached hydrogen (secondary N) is 1. The van der Waals surface area contributed by atoms with Crippen molar-refractivity contribution in [1.82, 2.24) is 5.43 Å². The van der Waals surface area contributed by atoms with Gasteiger partial charge in [0.1, 0.15) is 11.5 Å². The molecule has 3 rings (SSSR count). The van der Waals surface area contributed by atoms with Crippen LogP contribution in [0.5, 0.6) is 11.5 Å². The Bertz CT molecular complexity index is 1230. The fraction of sp³-hybridized carbons (Fsp3) is 0.0476. The van der Waals surface area contributed by atoms with E-state index >= 15 is 0 Å². The molecule has 33 heavy (non-hydrogen) atoms. The lowest BCUT2D eigenvalue weighted by Crippen LogP contribution is -2.24. The summed E-state index contributed by atoms with van der Waals surface area (Å²) in [4.78, 5) is 22.1. The van der Waals surface area contributed by atoms with Gasteiger partial charge < -0.3 is 9.84 Å². The normalized spacial score (nSPS) is 11.1. The minimum Gasteiger partial charge on any atom is -0.507 e. The van der Waals surface area contributed by atoms with Crippen molar-refractivity contribution >= 4 is 63.4 Å². The number of nitro groups is 1. The molecule has 0 aliphatic carbocycles. The first-order chi connectivity index (χ1) is 15.8. The van der Waals surface area contributed by atoms with Crippen LogP contribution in [0.25, 0.3) is 0 Å². The summed E-state index contributed by atoms with van der Waals surface area (Å²) >= 11 is 7.93. The van der Waals surface area contributed by atoms with Crippen LogP contribution < -0.4 is 10.2 Å². The van der Waals surface area contributed by atoms with Crippen LogP contribution in [0.4, 0.5) is 17.1 Å². The highest BCUT2D eigenvalue weighted by Gasteiger charge is 2.07. The summed E-state index contributed by atoms with van der Waals surface area (Å²) in [6.45, 7) is -0.259. The Morgan fingerprint density at radius 1 is 1.12 bits per heavy atom. The molecule has 0 heterocycles. The number of amides is 1. The molecule has 3 aromatic rings. The largest absolute Gasteiger partial charge is 0.507 e. The number of carbonyl (C=O) groups is 1. The number of rotatable bonds is 8. The minimum absolute atomic E-state index is 0.0487. The third-order valence-corrected chi connectivity index (χ3v) is 5.08. The molecule has 0 aromatic heterocycles. The minimum atomic E-state index is -0.504. The van der Waals surface area contributed by atoms with Gasteiger partial charge in [0.05, 0.1) is 26.1 Å². The summed E-state index contributed by atoms with van der Waals surface area (Å²) in [7, 11) is 0. The number of aromatic hydroxyl groups is 1. The number of nitro benzene ring substituents is 1. The molecule has 0 atom stereocenters. The first-order valence-electron chi connectivity index (χ1n) is 9.21. The Hall–Kier alpha value is -3.58. The smallest absolute Gasteiger partial charge is 0.277 e. The van der Waals surface area contributed by atoms with E-state index in [0.29, 0.717) is 27.7 Å². The standard InChI is InChI=1S/C21H15ClIN5O5/c22-14-1-8-20(18(23)10-14)33-12-21(30)27-24-11-13-9-16(4-7-19(13)29)26-25-15-2-5-17(6-3-15)28(31)32/h1-11,29H,12H2,(H,27,30). The maximum Gasteiger partial charge on any atom is 0.277 e. The Kier molecular flexibility index (Phi) is 8.27. The molecule has 0 aliphatic heterocycles. The van der Waals surface area contributed by atoms with E-state index in [0.717, 1.165) is 3.57 Å². The summed E-state index contributed by atoms with van der Waals surface area (Å²) in [5.41, 5.74) is 3.38. The molecule has 0 spiro atoms. The molecule has 168 valence electrons. The first kappa shape index (κ1) is 24.1. The van der Waals surface area contributed by atoms with Crippen molar-refractivity contribution in [2.24, 2.45) is 15.3 Å². The molecule has 12 heteroatoms. The number of carbonyl (C=O) groups excluding carboxylic acids is 1. The zero-order valence-electron chi connectivity index (χ0n) is 16.7. The maximum absolute atomic E-state index is 11.9. The second-order valence-electron chi connectivity index (χ2n) is 6.37. The van der Waals surface area contributed by atoms with Crippen LogP contribution in [0, 0.1) is 13.7 Å². The molecule has 0 saturated carbocycles. The Balaban J connectivity index is 1.58. The van der Waals surface area contributed by atoms with Gasteiger partial charge >= 0.3 is 0 Å². The highest BCUT2D eigenvalue weighted by atomic mass is 127. The number of non-ortho nitro benzene ring substituents is 1. The third kappa shape index (κ3) is 7.22. The molecule has 0 aliphatic rings. The van der Waals surface area contributed by atoms with E-state index in [1.807, 2.05) is 22.6 Å². The van der Waals surface area contributed by atoms with Gasteiger partial charge in [-0.2, -0.15) is 15.3 Å². The van der Waals surface area contributed by atoms with Gasteiger partial charge in [-0.15, -0.1) is 0 Å². The summed E-state index contributed by atoms with van der Waals surface area (Å²) in [5, 5.41) is 33.1. The van der Waals surface area contributed by atoms with Crippen LogP contribution >= 0.6 is 34.2 Å². The number of halogens is 2. The highest BCUT2D eigenvalue weighted by molar-refractivity contribution is 14.1. The quantitative estimate of drug-likeness (QED) is 0.119. The molecular formula is C21H15ClIN5O5. The number of hydrogen-bond donors (Lipinski definition) is 2. The molecule has 0 unspecified atom stereocenters. The topological polar surface area (TPSA) is 139 Å². The molecule has 0 fully saturated rings. The lowest BCUT2D eigenvalue weighted by atomic mass is 10.2. The monoisotopic (exact) mass is 579 g/mol. The third-order valence-electron chi connectivity index (χ3n) is 4.00. The van der Waals surface area contributed by atoms with Gasteiger partial charge in [-0.05, 0) is 71.1 Å². The molecule has 2 N–H and O–H groups in total. The zero-order valence-corrected chi connectivity index (χ0v) is 19.6. The Morgan fingerprint density at radius 3 is 2.52 bits per heavy atom. The second-order valence-corrected chi connectivity index (χ2v) is 7.97. The van der Waals surface area contributed by atoms with Gasteiger partial charge in [0.25, 0.3) is 11.6 Å². The van der Waals surface area contributed by atoms with Gasteiger partial charge in [-0.1, -0.05) is 11.6 Å². The van der Waals surface area contributed by atoms with Crippen molar-refractivity contribution in [2.75, 3.05) is 6.61 Å². The maximum atomic E-state index is 11.9. The number of azo groups is 1. The number of benzene rings is 3. The fourth-order valence-electron chi connectivity index (χ4n) is 2.41. The predicted molar refractivity (Wildman–Crippen MR) is 131 cm³/mol. The molecule has 10 nitrogen and oxygen atoms in total. The molecule has 1 amide bonds. The van der Waals surface area contributed by atoms with E-state index in [-0.39, 0.29) is 18.0 Å². The van der Waals surface area contributed by atoms with E-state index in [4.69, 9.17) is 16.3 Å². The van der Waals surface area contributed by atoms with Gasteiger partial charge in [0, 0.05) is 22.7 Å². The second kappa shape index (κ2) is 11.3. The average molecular weight is 580 g/mol. The molecule has 0 radical (unpaired) electrons. The molecular weight excluding hydrogens is 565 g/mol. The van der Waals surface area contributed by atoms with Crippen LogP contribution in [0.2, 0.25) is 5.02 Å². The van der Waals surface area contributed by atoms with Crippen LogP contribution in [0.15, 0.2) is 76.0 Å². The zero-order chi connectivity index (χ0) is 23.8. The number of phenolic OH excluding ortho intramolecular Hbond substituents is 1. The fourth-order valence-corrected chi connectivity index (χ4v) is 3.43. The average Bonchev–Trinajstić information content (AvgIpc) is 2.79. The number of nitrogens with zero attached hydrogens (tertiary/aromatic N) is 4. The van der Waals surface area contributed by atoms with E-state index in [9.17, 15) is 20.0 Å². The van der Waals surface area contributed by atoms with E-state index in [2.05, 4.69) is 20.8 Å². The van der Waals surface area contributed by atoms with Crippen molar-refractivity contribution in [2.45, 2.75) is 0 Å². The molecule has 0 bridgehead atoms. The SMILES string of the molecule is O=C(COc1ccc(Cl)cc1I)NN=Cc1cc(N=Nc2ccc([N+](=O)[O-])cc2)ccc1O. The number of hydrazone groups is 1. The van der Waals surface area contributed by atoms with E-state index in [1.165, 1.54) is 48.7 Å². The van der Waals surface area contributed by atoms with Crippen molar-refractivity contribution in [1.29, 1.82) is 0 Å². The molecule has 3 aromatic carbocycles.